The van der Waals surface area contributed by atoms with Gasteiger partial charge in [-0.1, -0.05) is 0 Å². The highest BCUT2D eigenvalue weighted by Gasteiger charge is 2.44. The minimum Gasteiger partial charge on any atom is -0.388 e. The fraction of sp³-hybridized carbons (Fsp3) is 0.529. The van der Waals surface area contributed by atoms with Crippen molar-refractivity contribution in [1.29, 1.82) is 0 Å². The van der Waals surface area contributed by atoms with Crippen molar-refractivity contribution in [2.75, 3.05) is 13.1 Å². The molecule has 0 saturated carbocycles. The number of hydrogen-bond donors (Lipinski definition) is 9. The minimum atomic E-state index is -1.54. The SMILES string of the molecule is NC(=O)CCC(NC(=O)CNC(N)=O)C(=O)NCC1OC(c2c[nH]c(=O)[nH]c2=O)C(O)C1O. The van der Waals surface area contributed by atoms with Gasteiger partial charge in [0.1, 0.15) is 30.5 Å². The van der Waals surface area contributed by atoms with Gasteiger partial charge in [-0.3, -0.25) is 24.2 Å². The number of H-pyrrole nitrogens is 2. The number of amides is 5. The summed E-state index contributed by atoms with van der Waals surface area (Å²) in [4.78, 5) is 73.5. The van der Waals surface area contributed by atoms with E-state index in [-0.39, 0.29) is 24.9 Å². The molecule has 16 nitrogen and oxygen atoms in total. The van der Waals surface area contributed by atoms with Crippen LogP contribution in [0.25, 0.3) is 0 Å². The van der Waals surface area contributed by atoms with Gasteiger partial charge in [-0.15, -0.1) is 0 Å². The van der Waals surface area contributed by atoms with Crippen LogP contribution in [0.2, 0.25) is 0 Å². The molecule has 33 heavy (non-hydrogen) atoms. The number of nitrogens with one attached hydrogen (secondary N) is 5. The predicted octanol–water partition coefficient (Wildman–Crippen LogP) is -5.24. The van der Waals surface area contributed by atoms with Gasteiger partial charge in [-0.25, -0.2) is 9.59 Å². The molecule has 1 aliphatic rings. The molecule has 1 aromatic heterocycles. The van der Waals surface area contributed by atoms with Gasteiger partial charge >= 0.3 is 11.7 Å². The van der Waals surface area contributed by atoms with E-state index >= 15 is 0 Å². The van der Waals surface area contributed by atoms with Crippen LogP contribution >= 0.6 is 0 Å². The third-order valence-corrected chi connectivity index (χ3v) is 4.75. The number of aromatic nitrogens is 2. The molecule has 5 unspecified atom stereocenters. The largest absolute Gasteiger partial charge is 0.388 e. The molecule has 1 fully saturated rings. The highest BCUT2D eigenvalue weighted by molar-refractivity contribution is 5.90. The highest BCUT2D eigenvalue weighted by atomic mass is 16.5. The van der Waals surface area contributed by atoms with E-state index in [1.165, 1.54) is 0 Å². The lowest BCUT2D eigenvalue weighted by Crippen LogP contribution is -2.52. The number of aromatic amines is 2. The monoisotopic (exact) mass is 471 g/mol. The zero-order valence-corrected chi connectivity index (χ0v) is 17.2. The predicted molar refractivity (Wildman–Crippen MR) is 108 cm³/mol. The fourth-order valence-corrected chi connectivity index (χ4v) is 3.10. The molecular weight excluding hydrogens is 446 g/mol. The summed E-state index contributed by atoms with van der Waals surface area (Å²) in [5.41, 5.74) is 8.23. The molecule has 2 rings (SSSR count). The first kappa shape index (κ1) is 25.5. The van der Waals surface area contributed by atoms with E-state index in [4.69, 9.17) is 16.2 Å². The summed E-state index contributed by atoms with van der Waals surface area (Å²) in [6.07, 6.45) is -4.82. The van der Waals surface area contributed by atoms with Crippen LogP contribution < -0.4 is 38.7 Å². The van der Waals surface area contributed by atoms with Crippen molar-refractivity contribution in [2.24, 2.45) is 11.5 Å². The number of carbonyl (C=O) groups is 4. The van der Waals surface area contributed by atoms with E-state index in [0.717, 1.165) is 6.20 Å². The molecule has 2 heterocycles. The van der Waals surface area contributed by atoms with Gasteiger partial charge in [0, 0.05) is 19.2 Å². The molecule has 1 aromatic rings. The van der Waals surface area contributed by atoms with Crippen LogP contribution in [0.1, 0.15) is 24.5 Å². The standard InChI is InChI=1S/C17H25N7O9/c18-9(25)2-1-7(23-10(26)5-21-16(19)31)15(30)20-4-8-11(27)12(28)13(33-8)6-3-22-17(32)24-14(6)29/h3,7-8,11-13,27-28H,1-2,4-5H2,(H2,18,25)(H,20,30)(H,23,26)(H3,19,21,31)(H2,22,24,29,32). The number of primary amides is 2. The van der Waals surface area contributed by atoms with Gasteiger partial charge in [-0.05, 0) is 6.42 Å². The summed E-state index contributed by atoms with van der Waals surface area (Å²) in [5, 5.41) is 27.2. The van der Waals surface area contributed by atoms with Crippen LogP contribution in [-0.2, 0) is 19.1 Å². The van der Waals surface area contributed by atoms with Crippen molar-refractivity contribution < 1.29 is 34.1 Å². The summed E-state index contributed by atoms with van der Waals surface area (Å²) < 4.78 is 5.49. The summed E-state index contributed by atoms with van der Waals surface area (Å²) in [6.45, 7) is -0.848. The lowest BCUT2D eigenvalue weighted by atomic mass is 10.0. The molecule has 0 spiro atoms. The van der Waals surface area contributed by atoms with Crippen molar-refractivity contribution in [2.45, 2.75) is 43.3 Å². The number of urea groups is 1. The van der Waals surface area contributed by atoms with Crippen molar-refractivity contribution in [3.8, 4) is 0 Å². The van der Waals surface area contributed by atoms with Gasteiger partial charge in [0.15, 0.2) is 0 Å². The Hall–Kier alpha value is -3.76. The molecule has 0 aliphatic carbocycles. The number of carbonyl (C=O) groups excluding carboxylic acids is 4. The summed E-state index contributed by atoms with van der Waals surface area (Å²) in [7, 11) is 0. The van der Waals surface area contributed by atoms with Crippen molar-refractivity contribution in [3.63, 3.8) is 0 Å². The Morgan fingerprint density at radius 1 is 1.12 bits per heavy atom. The molecular formula is C17H25N7O9. The van der Waals surface area contributed by atoms with Gasteiger partial charge in [0.2, 0.25) is 17.7 Å². The maximum atomic E-state index is 12.5. The Kier molecular flexibility index (Phi) is 8.66. The Labute approximate surface area is 185 Å². The zero-order valence-electron chi connectivity index (χ0n) is 17.2. The van der Waals surface area contributed by atoms with E-state index < -0.39 is 72.0 Å². The molecule has 5 amide bonds. The lowest BCUT2D eigenvalue weighted by Gasteiger charge is -2.20. The first-order valence-corrected chi connectivity index (χ1v) is 9.71. The topological polar surface area (TPSA) is 272 Å². The molecule has 0 aromatic carbocycles. The average Bonchev–Trinajstić information content (AvgIpc) is 3.01. The smallest absolute Gasteiger partial charge is 0.325 e. The van der Waals surface area contributed by atoms with Crippen molar-refractivity contribution >= 4 is 23.8 Å². The summed E-state index contributed by atoms with van der Waals surface area (Å²) in [6, 6.07) is -2.17. The van der Waals surface area contributed by atoms with Crippen molar-refractivity contribution in [1.82, 2.24) is 25.9 Å². The third kappa shape index (κ3) is 7.13. The molecule has 5 atom stereocenters. The van der Waals surface area contributed by atoms with Crippen LogP contribution in [0.3, 0.4) is 0 Å². The molecule has 16 heteroatoms. The van der Waals surface area contributed by atoms with E-state index in [9.17, 15) is 39.0 Å². The molecule has 0 bridgehead atoms. The maximum absolute atomic E-state index is 12.5. The Balaban J connectivity index is 2.01. The number of nitrogens with two attached hydrogens (primary N) is 2. The normalized spacial score (nSPS) is 22.8. The number of aliphatic hydroxyl groups excluding tert-OH is 2. The number of hydrogen-bond acceptors (Lipinski definition) is 9. The van der Waals surface area contributed by atoms with Crippen LogP contribution in [0.15, 0.2) is 15.8 Å². The van der Waals surface area contributed by atoms with Crippen LogP contribution in [-0.4, -0.2) is 81.4 Å². The second-order valence-corrected chi connectivity index (χ2v) is 7.19. The molecule has 0 radical (unpaired) electrons. The van der Waals surface area contributed by atoms with Crippen LogP contribution in [0.5, 0.6) is 0 Å². The average molecular weight is 471 g/mol. The van der Waals surface area contributed by atoms with E-state index in [2.05, 4.69) is 15.6 Å². The molecule has 1 aliphatic heterocycles. The van der Waals surface area contributed by atoms with Gasteiger partial charge < -0.3 is 47.4 Å². The van der Waals surface area contributed by atoms with E-state index in [1.807, 2.05) is 10.3 Å². The third-order valence-electron chi connectivity index (χ3n) is 4.75. The van der Waals surface area contributed by atoms with Gasteiger partial charge in [0.05, 0.1) is 12.1 Å². The molecule has 182 valence electrons. The van der Waals surface area contributed by atoms with E-state index in [1.54, 1.807) is 0 Å². The van der Waals surface area contributed by atoms with Gasteiger partial charge in [-0.2, -0.15) is 0 Å². The Bertz CT molecular complexity index is 1010. The quantitative estimate of drug-likeness (QED) is 0.157. The summed E-state index contributed by atoms with van der Waals surface area (Å²) in [5.74, 6) is -2.24. The van der Waals surface area contributed by atoms with E-state index in [0.29, 0.717) is 0 Å². The number of rotatable bonds is 10. The van der Waals surface area contributed by atoms with Gasteiger partial charge in [0.25, 0.3) is 5.56 Å². The second-order valence-electron chi connectivity index (χ2n) is 7.19. The first-order chi connectivity index (χ1) is 15.5. The maximum Gasteiger partial charge on any atom is 0.325 e. The van der Waals surface area contributed by atoms with Crippen LogP contribution in [0.4, 0.5) is 4.79 Å². The number of ether oxygens (including phenoxy) is 1. The molecule has 11 N–H and O–H groups in total. The second kappa shape index (κ2) is 11.2. The zero-order chi connectivity index (χ0) is 24.7. The minimum absolute atomic E-state index is 0.136. The highest BCUT2D eigenvalue weighted by Crippen LogP contribution is 2.31. The van der Waals surface area contributed by atoms with Crippen LogP contribution in [0, 0.1) is 0 Å². The van der Waals surface area contributed by atoms with Crippen molar-refractivity contribution in [3.05, 3.63) is 32.6 Å². The Morgan fingerprint density at radius 2 is 1.82 bits per heavy atom. The number of aliphatic hydroxyl groups is 2. The fourth-order valence-electron chi connectivity index (χ4n) is 3.10. The Morgan fingerprint density at radius 3 is 2.42 bits per heavy atom. The summed E-state index contributed by atoms with van der Waals surface area (Å²) >= 11 is 0. The lowest BCUT2D eigenvalue weighted by molar-refractivity contribution is -0.129. The first-order valence-electron chi connectivity index (χ1n) is 9.71. The molecule has 1 saturated heterocycles.